The summed E-state index contributed by atoms with van der Waals surface area (Å²) in [7, 11) is 0. The Hall–Kier alpha value is -1.45. The highest BCUT2D eigenvalue weighted by Crippen LogP contribution is 2.33. The van der Waals surface area contributed by atoms with Crippen molar-refractivity contribution in [3.63, 3.8) is 0 Å². The van der Waals surface area contributed by atoms with Gasteiger partial charge < -0.3 is 5.32 Å². The molecule has 1 aromatic heterocycles. The van der Waals surface area contributed by atoms with Crippen molar-refractivity contribution < 1.29 is 4.39 Å². The van der Waals surface area contributed by atoms with Crippen molar-refractivity contribution in [1.29, 1.82) is 0 Å². The van der Waals surface area contributed by atoms with Crippen LogP contribution >= 0.6 is 11.6 Å². The summed E-state index contributed by atoms with van der Waals surface area (Å²) in [6.45, 7) is 1.50. The van der Waals surface area contributed by atoms with Crippen molar-refractivity contribution in [2.24, 2.45) is 0 Å². The molecule has 0 saturated heterocycles. The molecule has 0 amide bonds. The van der Waals surface area contributed by atoms with Crippen molar-refractivity contribution in [3.05, 3.63) is 52.6 Å². The normalized spacial score (nSPS) is 14.3. The monoisotopic (exact) mass is 262 g/mol. The third-order valence-corrected chi connectivity index (χ3v) is 3.59. The zero-order chi connectivity index (χ0) is 12.5. The zero-order valence-electron chi connectivity index (χ0n) is 9.71. The number of rotatable bonds is 1. The van der Waals surface area contributed by atoms with Gasteiger partial charge in [0, 0.05) is 24.5 Å². The van der Waals surface area contributed by atoms with E-state index in [9.17, 15) is 4.39 Å². The number of nitrogens with zero attached hydrogens (tertiary/aromatic N) is 1. The first kappa shape index (κ1) is 11.6. The van der Waals surface area contributed by atoms with Crippen molar-refractivity contribution in [3.8, 4) is 11.1 Å². The predicted octanol–water partition coefficient (Wildman–Crippen LogP) is 3.19. The molecule has 92 valence electrons. The number of hydrogen-bond acceptors (Lipinski definition) is 2. The molecule has 1 aliphatic rings. The van der Waals surface area contributed by atoms with Crippen LogP contribution in [0.3, 0.4) is 0 Å². The number of benzene rings is 1. The van der Waals surface area contributed by atoms with E-state index >= 15 is 0 Å². The Morgan fingerprint density at radius 1 is 1.17 bits per heavy atom. The minimum Gasteiger partial charge on any atom is -0.312 e. The lowest BCUT2D eigenvalue weighted by molar-refractivity contribution is 0.570. The van der Waals surface area contributed by atoms with E-state index in [2.05, 4.69) is 10.3 Å². The highest BCUT2D eigenvalue weighted by Gasteiger charge is 2.18. The third-order valence-electron chi connectivity index (χ3n) is 3.29. The van der Waals surface area contributed by atoms with Crippen molar-refractivity contribution in [1.82, 2.24) is 10.3 Å². The Balaban J connectivity index is 2.22. The number of nitrogens with one attached hydrogen (secondary N) is 1. The Kier molecular flexibility index (Phi) is 3.02. The molecule has 0 unspecified atom stereocenters. The lowest BCUT2D eigenvalue weighted by Crippen LogP contribution is -2.25. The van der Waals surface area contributed by atoms with Gasteiger partial charge in [0.2, 0.25) is 0 Å². The Morgan fingerprint density at radius 2 is 2.06 bits per heavy atom. The molecule has 0 saturated carbocycles. The summed E-state index contributed by atoms with van der Waals surface area (Å²) in [6, 6.07) is 5.18. The molecule has 0 atom stereocenters. The quantitative estimate of drug-likeness (QED) is 0.854. The van der Waals surface area contributed by atoms with Crippen LogP contribution in [0, 0.1) is 5.82 Å². The topological polar surface area (TPSA) is 24.9 Å². The van der Waals surface area contributed by atoms with Crippen LogP contribution in [0.4, 0.5) is 4.39 Å². The number of hydrogen-bond donors (Lipinski definition) is 1. The molecule has 0 radical (unpaired) electrons. The van der Waals surface area contributed by atoms with Gasteiger partial charge in [-0.1, -0.05) is 17.7 Å². The van der Waals surface area contributed by atoms with E-state index in [-0.39, 0.29) is 5.82 Å². The number of fused-ring (bicyclic) bond motifs is 1. The molecule has 18 heavy (non-hydrogen) atoms. The van der Waals surface area contributed by atoms with Crippen LogP contribution in [0.25, 0.3) is 11.1 Å². The molecule has 4 heteroatoms. The maximum absolute atomic E-state index is 13.8. The Labute approximate surface area is 110 Å². The summed E-state index contributed by atoms with van der Waals surface area (Å²) >= 11 is 6.16. The van der Waals surface area contributed by atoms with Gasteiger partial charge in [-0.05, 0) is 41.8 Å². The number of pyridine rings is 1. The second-order valence-corrected chi connectivity index (χ2v) is 4.74. The van der Waals surface area contributed by atoms with Gasteiger partial charge in [-0.2, -0.15) is 0 Å². The van der Waals surface area contributed by atoms with E-state index in [1.807, 2.05) is 6.07 Å². The van der Waals surface area contributed by atoms with Crippen molar-refractivity contribution in [2.45, 2.75) is 13.0 Å². The van der Waals surface area contributed by atoms with E-state index in [1.54, 1.807) is 18.5 Å². The highest BCUT2D eigenvalue weighted by molar-refractivity contribution is 6.33. The fourth-order valence-corrected chi connectivity index (χ4v) is 2.63. The van der Waals surface area contributed by atoms with E-state index in [4.69, 9.17) is 11.6 Å². The minimum atomic E-state index is -0.125. The lowest BCUT2D eigenvalue weighted by Gasteiger charge is -2.21. The predicted molar refractivity (Wildman–Crippen MR) is 70.1 cm³/mol. The van der Waals surface area contributed by atoms with Crippen molar-refractivity contribution in [2.75, 3.05) is 6.54 Å². The molecule has 2 heterocycles. The molecular formula is C14H12ClFN2. The van der Waals surface area contributed by atoms with Gasteiger partial charge >= 0.3 is 0 Å². The van der Waals surface area contributed by atoms with Gasteiger partial charge in [-0.3, -0.25) is 4.98 Å². The molecular weight excluding hydrogens is 251 g/mol. The van der Waals surface area contributed by atoms with Gasteiger partial charge in [0.25, 0.3) is 0 Å². The second-order valence-electron chi connectivity index (χ2n) is 4.33. The van der Waals surface area contributed by atoms with Gasteiger partial charge in [0.15, 0.2) is 0 Å². The Morgan fingerprint density at radius 3 is 2.89 bits per heavy atom. The lowest BCUT2D eigenvalue weighted by atomic mass is 9.92. The summed E-state index contributed by atoms with van der Waals surface area (Å²) < 4.78 is 13.8. The van der Waals surface area contributed by atoms with Crippen LogP contribution in [0.15, 0.2) is 30.6 Å². The first-order chi connectivity index (χ1) is 8.77. The first-order valence-electron chi connectivity index (χ1n) is 5.88. The largest absolute Gasteiger partial charge is 0.312 e. The molecule has 1 aromatic carbocycles. The van der Waals surface area contributed by atoms with E-state index in [0.29, 0.717) is 11.6 Å². The summed E-state index contributed by atoms with van der Waals surface area (Å²) in [5, 5.41) is 3.87. The molecule has 0 spiro atoms. The van der Waals surface area contributed by atoms with Crippen LogP contribution in [0.5, 0.6) is 0 Å². The van der Waals surface area contributed by atoms with Gasteiger partial charge in [-0.15, -0.1) is 0 Å². The average Bonchev–Trinajstić information content (AvgIpc) is 2.41. The molecule has 0 fully saturated rings. The summed E-state index contributed by atoms with van der Waals surface area (Å²) in [5.74, 6) is -0.125. The maximum atomic E-state index is 13.8. The van der Waals surface area contributed by atoms with Crippen LogP contribution in [-0.4, -0.2) is 11.5 Å². The Bertz CT molecular complexity index is 598. The molecule has 3 rings (SSSR count). The smallest absolute Gasteiger partial charge is 0.126 e. The molecule has 2 nitrogen and oxygen atoms in total. The third kappa shape index (κ3) is 1.89. The zero-order valence-corrected chi connectivity index (χ0v) is 10.5. The summed E-state index contributed by atoms with van der Waals surface area (Å²) in [5.41, 5.74) is 3.71. The number of aromatic nitrogens is 1. The minimum absolute atomic E-state index is 0.125. The maximum Gasteiger partial charge on any atom is 0.126 e. The highest BCUT2D eigenvalue weighted by atomic mass is 35.5. The molecule has 0 aliphatic carbocycles. The van der Waals surface area contributed by atoms with Crippen LogP contribution in [0.2, 0.25) is 5.02 Å². The molecule has 1 N–H and O–H groups in total. The van der Waals surface area contributed by atoms with Gasteiger partial charge in [0.05, 0.1) is 5.02 Å². The van der Waals surface area contributed by atoms with Gasteiger partial charge in [-0.25, -0.2) is 4.39 Å². The first-order valence-corrected chi connectivity index (χ1v) is 6.26. The van der Waals surface area contributed by atoms with Crippen molar-refractivity contribution >= 4 is 11.6 Å². The van der Waals surface area contributed by atoms with Crippen LogP contribution in [-0.2, 0) is 13.0 Å². The molecule has 0 bridgehead atoms. The number of halogens is 2. The van der Waals surface area contributed by atoms with E-state index in [0.717, 1.165) is 35.2 Å². The van der Waals surface area contributed by atoms with E-state index < -0.39 is 0 Å². The summed E-state index contributed by atoms with van der Waals surface area (Å²) in [4.78, 5) is 3.98. The SMILES string of the molecule is Fc1ccc(-c2ccncc2Cl)c2c1CCNC2. The van der Waals surface area contributed by atoms with E-state index in [1.165, 1.54) is 6.07 Å². The molecule has 2 aromatic rings. The van der Waals surface area contributed by atoms with Crippen LogP contribution in [0.1, 0.15) is 11.1 Å². The fourth-order valence-electron chi connectivity index (χ4n) is 2.41. The second kappa shape index (κ2) is 4.67. The fraction of sp³-hybridized carbons (Fsp3) is 0.214. The standard InChI is InChI=1S/C14H12ClFN2/c15-13-8-18-5-3-10(13)9-1-2-14(16)11-4-6-17-7-12(9)11/h1-3,5,8,17H,4,6-7H2. The van der Waals surface area contributed by atoms with Gasteiger partial charge in [0.1, 0.15) is 5.82 Å². The summed E-state index contributed by atoms with van der Waals surface area (Å²) in [6.07, 6.45) is 4.04. The molecule has 1 aliphatic heterocycles. The van der Waals surface area contributed by atoms with Crippen LogP contribution < -0.4 is 5.32 Å². The average molecular weight is 263 g/mol.